The van der Waals surface area contributed by atoms with Crippen molar-refractivity contribution in [2.75, 3.05) is 19.6 Å². The number of furan rings is 1. The molecule has 0 saturated carbocycles. The number of para-hydroxylation sites is 1. The Labute approximate surface area is 170 Å². The molecule has 6 rings (SSSR count). The number of benzene rings is 2. The van der Waals surface area contributed by atoms with Gasteiger partial charge in [0.2, 0.25) is 0 Å². The monoisotopic (exact) mass is 388 g/mol. The maximum atomic E-state index is 12.7. The molecule has 1 N–H and O–H groups in total. The first-order valence-corrected chi connectivity index (χ1v) is 10.2. The lowest BCUT2D eigenvalue weighted by molar-refractivity contribution is 0.0606. The SMILES string of the molecule is O=C(N[C@H]1CN2CCC1CC2)c1ccc(-c2cccc(Oc3ccccc3)c2)o1. The summed E-state index contributed by atoms with van der Waals surface area (Å²) in [6.45, 7) is 3.26. The Balaban J connectivity index is 1.28. The summed E-state index contributed by atoms with van der Waals surface area (Å²) in [5.41, 5.74) is 0.875. The third-order valence-corrected chi connectivity index (χ3v) is 5.90. The average Bonchev–Trinajstić information content (AvgIpc) is 3.26. The topological polar surface area (TPSA) is 54.7 Å². The van der Waals surface area contributed by atoms with Crippen molar-refractivity contribution < 1.29 is 13.9 Å². The number of rotatable bonds is 5. The van der Waals surface area contributed by atoms with Crippen LogP contribution in [0, 0.1) is 5.92 Å². The Bertz CT molecular complexity index is 990. The minimum Gasteiger partial charge on any atom is -0.457 e. The standard InChI is InChI=1S/C24H24N2O3/c27-24(25-21-16-26-13-11-17(21)12-14-26)23-10-9-22(29-23)18-5-4-8-20(15-18)28-19-6-2-1-3-7-19/h1-10,15,17,21H,11-14,16H2,(H,25,27)/t21-/m0/s1. The lowest BCUT2D eigenvalue weighted by Gasteiger charge is -2.44. The molecule has 0 aliphatic carbocycles. The van der Waals surface area contributed by atoms with Crippen molar-refractivity contribution in [2.45, 2.75) is 18.9 Å². The van der Waals surface area contributed by atoms with E-state index in [2.05, 4.69) is 10.2 Å². The number of ether oxygens (including phenoxy) is 1. The van der Waals surface area contributed by atoms with E-state index in [4.69, 9.17) is 9.15 Å². The molecule has 3 fully saturated rings. The summed E-state index contributed by atoms with van der Waals surface area (Å²) in [4.78, 5) is 15.1. The van der Waals surface area contributed by atoms with Gasteiger partial charge in [-0.15, -0.1) is 0 Å². The lowest BCUT2D eigenvalue weighted by atomic mass is 9.84. The first-order chi connectivity index (χ1) is 14.2. The van der Waals surface area contributed by atoms with Crippen molar-refractivity contribution in [1.29, 1.82) is 0 Å². The molecule has 4 heterocycles. The number of fused-ring (bicyclic) bond motifs is 3. The molecule has 3 aliphatic heterocycles. The zero-order valence-corrected chi connectivity index (χ0v) is 16.2. The predicted molar refractivity (Wildman–Crippen MR) is 111 cm³/mol. The third kappa shape index (κ3) is 3.91. The minimum absolute atomic E-state index is 0.133. The summed E-state index contributed by atoms with van der Waals surface area (Å²) in [6, 6.07) is 21.2. The molecule has 1 aromatic heterocycles. The van der Waals surface area contributed by atoms with Gasteiger partial charge in [-0.25, -0.2) is 0 Å². The van der Waals surface area contributed by atoms with Crippen molar-refractivity contribution in [1.82, 2.24) is 10.2 Å². The van der Waals surface area contributed by atoms with E-state index < -0.39 is 0 Å². The van der Waals surface area contributed by atoms with Crippen LogP contribution in [0.4, 0.5) is 0 Å². The molecule has 0 radical (unpaired) electrons. The molecule has 5 nitrogen and oxygen atoms in total. The van der Waals surface area contributed by atoms with Gasteiger partial charge in [-0.1, -0.05) is 30.3 Å². The number of nitrogens with one attached hydrogen (secondary N) is 1. The molecular formula is C24H24N2O3. The molecule has 1 amide bonds. The van der Waals surface area contributed by atoms with Crippen LogP contribution in [0.3, 0.4) is 0 Å². The molecular weight excluding hydrogens is 364 g/mol. The number of carbonyl (C=O) groups is 1. The van der Waals surface area contributed by atoms with Crippen molar-refractivity contribution in [3.05, 3.63) is 72.5 Å². The Morgan fingerprint density at radius 3 is 2.52 bits per heavy atom. The fourth-order valence-electron chi connectivity index (χ4n) is 4.32. The molecule has 3 saturated heterocycles. The summed E-state index contributed by atoms with van der Waals surface area (Å²) in [7, 11) is 0. The maximum absolute atomic E-state index is 12.7. The number of hydrogen-bond donors (Lipinski definition) is 1. The van der Waals surface area contributed by atoms with Crippen LogP contribution in [-0.4, -0.2) is 36.5 Å². The molecule has 148 valence electrons. The van der Waals surface area contributed by atoms with Crippen molar-refractivity contribution in [3.8, 4) is 22.8 Å². The smallest absolute Gasteiger partial charge is 0.287 e. The molecule has 0 unspecified atom stereocenters. The quantitative estimate of drug-likeness (QED) is 0.696. The second kappa shape index (κ2) is 7.76. The summed E-state index contributed by atoms with van der Waals surface area (Å²) >= 11 is 0. The van der Waals surface area contributed by atoms with Crippen LogP contribution in [-0.2, 0) is 0 Å². The molecule has 29 heavy (non-hydrogen) atoms. The van der Waals surface area contributed by atoms with E-state index in [9.17, 15) is 4.79 Å². The van der Waals surface area contributed by atoms with Gasteiger partial charge in [0.05, 0.1) is 0 Å². The van der Waals surface area contributed by atoms with Crippen LogP contribution in [0.25, 0.3) is 11.3 Å². The van der Waals surface area contributed by atoms with E-state index in [0.717, 1.165) is 36.7 Å². The number of amides is 1. The zero-order chi connectivity index (χ0) is 19.6. The van der Waals surface area contributed by atoms with E-state index >= 15 is 0 Å². The highest BCUT2D eigenvalue weighted by Gasteiger charge is 2.35. The summed E-state index contributed by atoms with van der Waals surface area (Å²) in [5, 5.41) is 3.18. The Morgan fingerprint density at radius 2 is 1.76 bits per heavy atom. The number of piperidine rings is 3. The fourth-order valence-corrected chi connectivity index (χ4v) is 4.32. The van der Waals surface area contributed by atoms with Gasteiger partial charge in [0.1, 0.15) is 17.3 Å². The Kier molecular flexibility index (Phi) is 4.82. The van der Waals surface area contributed by atoms with Crippen LogP contribution in [0.2, 0.25) is 0 Å². The van der Waals surface area contributed by atoms with Crippen LogP contribution in [0.1, 0.15) is 23.4 Å². The highest BCUT2D eigenvalue weighted by atomic mass is 16.5. The lowest BCUT2D eigenvalue weighted by Crippen LogP contribution is -2.57. The van der Waals surface area contributed by atoms with Gasteiger partial charge in [0, 0.05) is 18.2 Å². The minimum atomic E-state index is -0.133. The molecule has 3 aliphatic rings. The fraction of sp³-hybridized carbons (Fsp3) is 0.292. The normalized spacial score (nSPS) is 23.0. The van der Waals surface area contributed by atoms with Crippen molar-refractivity contribution in [3.63, 3.8) is 0 Å². The molecule has 1 atom stereocenters. The number of nitrogens with zero attached hydrogens (tertiary/aromatic N) is 1. The number of carbonyl (C=O) groups excluding carboxylic acids is 1. The summed E-state index contributed by atoms with van der Waals surface area (Å²) in [5.74, 6) is 2.97. The number of hydrogen-bond acceptors (Lipinski definition) is 4. The van der Waals surface area contributed by atoms with E-state index in [1.54, 1.807) is 6.07 Å². The van der Waals surface area contributed by atoms with Crippen LogP contribution in [0.15, 0.2) is 71.1 Å². The van der Waals surface area contributed by atoms with Gasteiger partial charge in [-0.2, -0.15) is 0 Å². The van der Waals surface area contributed by atoms with Gasteiger partial charge >= 0.3 is 0 Å². The van der Waals surface area contributed by atoms with Crippen molar-refractivity contribution in [2.24, 2.45) is 5.92 Å². The second-order valence-corrected chi connectivity index (χ2v) is 7.82. The third-order valence-electron chi connectivity index (χ3n) is 5.90. The van der Waals surface area contributed by atoms with Crippen LogP contribution < -0.4 is 10.1 Å². The highest BCUT2D eigenvalue weighted by Crippen LogP contribution is 2.30. The zero-order valence-electron chi connectivity index (χ0n) is 16.2. The van der Waals surface area contributed by atoms with Crippen LogP contribution in [0.5, 0.6) is 11.5 Å². The van der Waals surface area contributed by atoms with Gasteiger partial charge < -0.3 is 19.4 Å². The molecule has 2 bridgehead atoms. The maximum Gasteiger partial charge on any atom is 0.287 e. The van der Waals surface area contributed by atoms with E-state index in [1.807, 2.05) is 60.7 Å². The van der Waals surface area contributed by atoms with Gasteiger partial charge in [0.25, 0.3) is 5.91 Å². The predicted octanol–water partition coefficient (Wildman–Crippen LogP) is 4.56. The van der Waals surface area contributed by atoms with E-state index in [-0.39, 0.29) is 11.9 Å². The first kappa shape index (κ1) is 18.0. The van der Waals surface area contributed by atoms with Gasteiger partial charge in [0.15, 0.2) is 5.76 Å². The first-order valence-electron chi connectivity index (χ1n) is 10.2. The van der Waals surface area contributed by atoms with Gasteiger partial charge in [-0.05, 0) is 68.2 Å². The Morgan fingerprint density at radius 1 is 0.966 bits per heavy atom. The largest absolute Gasteiger partial charge is 0.457 e. The highest BCUT2D eigenvalue weighted by molar-refractivity contribution is 5.92. The second-order valence-electron chi connectivity index (χ2n) is 7.82. The van der Waals surface area contributed by atoms with Crippen molar-refractivity contribution >= 4 is 5.91 Å². The Hall–Kier alpha value is -3.05. The average molecular weight is 388 g/mol. The summed E-state index contributed by atoms with van der Waals surface area (Å²) in [6.07, 6.45) is 2.34. The van der Waals surface area contributed by atoms with Gasteiger partial charge in [-0.3, -0.25) is 4.79 Å². The van der Waals surface area contributed by atoms with E-state index in [1.165, 1.54) is 12.8 Å². The van der Waals surface area contributed by atoms with Crippen LogP contribution >= 0.6 is 0 Å². The molecule has 5 heteroatoms. The molecule has 0 spiro atoms. The van der Waals surface area contributed by atoms with E-state index in [0.29, 0.717) is 17.4 Å². The summed E-state index contributed by atoms with van der Waals surface area (Å²) < 4.78 is 11.8. The molecule has 3 aromatic rings. The molecule has 2 aromatic carbocycles.